The van der Waals surface area contributed by atoms with E-state index in [9.17, 15) is 23.5 Å². The van der Waals surface area contributed by atoms with E-state index >= 15 is 0 Å². The van der Waals surface area contributed by atoms with Gasteiger partial charge in [0.05, 0.1) is 17.7 Å². The van der Waals surface area contributed by atoms with Gasteiger partial charge in [-0.15, -0.1) is 0 Å². The SMILES string of the molecule is CNC(CCN)C(=O)Nc1ccc(OC2CC(O)CC(C(=O)O)O2)c(C(F)F)c1. The number of carbonyl (C=O) groups is 2. The average molecular weight is 417 g/mol. The minimum Gasteiger partial charge on any atom is -0.479 e. The first-order chi connectivity index (χ1) is 13.7. The van der Waals surface area contributed by atoms with Crippen LogP contribution in [-0.2, 0) is 14.3 Å². The first-order valence-corrected chi connectivity index (χ1v) is 9.08. The Balaban J connectivity index is 2.15. The lowest BCUT2D eigenvalue weighted by Crippen LogP contribution is -2.42. The summed E-state index contributed by atoms with van der Waals surface area (Å²) in [6.45, 7) is 0.276. The van der Waals surface area contributed by atoms with Crippen LogP contribution in [0.15, 0.2) is 18.2 Å². The molecule has 0 saturated carbocycles. The summed E-state index contributed by atoms with van der Waals surface area (Å²) in [4.78, 5) is 23.3. The normalized spacial score (nSPS) is 22.9. The standard InChI is InChI=1S/C18H25F2N3O6/c1-22-12(4-5-21)17(25)23-9-2-3-13(11(6-9)16(19)20)28-15-8-10(24)7-14(29-15)18(26)27/h2-3,6,10,12,14-16,22,24H,4-5,7-8,21H2,1H3,(H,23,25)(H,26,27). The lowest BCUT2D eigenvalue weighted by molar-refractivity contribution is -0.195. The minimum atomic E-state index is -2.92. The molecule has 4 atom stereocenters. The molecular formula is C18H25F2N3O6. The summed E-state index contributed by atoms with van der Waals surface area (Å²) in [5.74, 6) is -1.93. The first-order valence-electron chi connectivity index (χ1n) is 9.08. The molecule has 9 nitrogen and oxygen atoms in total. The summed E-state index contributed by atoms with van der Waals surface area (Å²) in [5.41, 5.74) is 5.08. The highest BCUT2D eigenvalue weighted by molar-refractivity contribution is 5.95. The number of aliphatic carboxylic acids is 1. The number of ether oxygens (including phenoxy) is 2. The third kappa shape index (κ3) is 6.32. The molecule has 0 aliphatic carbocycles. The van der Waals surface area contributed by atoms with E-state index in [0.717, 1.165) is 6.07 Å². The molecule has 29 heavy (non-hydrogen) atoms. The fraction of sp³-hybridized carbons (Fsp3) is 0.556. The lowest BCUT2D eigenvalue weighted by atomic mass is 10.1. The van der Waals surface area contributed by atoms with Gasteiger partial charge in [-0.05, 0) is 38.2 Å². The fourth-order valence-electron chi connectivity index (χ4n) is 2.94. The van der Waals surface area contributed by atoms with E-state index in [0.29, 0.717) is 6.42 Å². The molecule has 1 saturated heterocycles. The zero-order valence-electron chi connectivity index (χ0n) is 15.8. The number of hydrogen-bond donors (Lipinski definition) is 5. The topological polar surface area (TPSA) is 143 Å². The molecule has 0 radical (unpaired) electrons. The van der Waals surface area contributed by atoms with E-state index in [2.05, 4.69) is 10.6 Å². The molecule has 1 fully saturated rings. The maximum absolute atomic E-state index is 13.5. The van der Waals surface area contributed by atoms with E-state index in [1.54, 1.807) is 7.05 Å². The van der Waals surface area contributed by atoms with Gasteiger partial charge >= 0.3 is 5.97 Å². The van der Waals surface area contributed by atoms with E-state index < -0.39 is 48.4 Å². The summed E-state index contributed by atoms with van der Waals surface area (Å²) in [6.07, 6.45) is -6.21. The van der Waals surface area contributed by atoms with Gasteiger partial charge in [0.15, 0.2) is 6.10 Å². The highest BCUT2D eigenvalue weighted by Gasteiger charge is 2.34. The number of anilines is 1. The molecule has 4 unspecified atom stereocenters. The van der Waals surface area contributed by atoms with Crippen LogP contribution in [0.1, 0.15) is 31.3 Å². The van der Waals surface area contributed by atoms with E-state index in [4.69, 9.17) is 20.3 Å². The van der Waals surface area contributed by atoms with Crippen LogP contribution < -0.4 is 21.1 Å². The van der Waals surface area contributed by atoms with Crippen LogP contribution in [0.3, 0.4) is 0 Å². The van der Waals surface area contributed by atoms with Gasteiger partial charge in [-0.1, -0.05) is 0 Å². The predicted octanol–water partition coefficient (Wildman–Crippen LogP) is 0.829. The van der Waals surface area contributed by atoms with Crippen molar-refractivity contribution in [1.29, 1.82) is 0 Å². The summed E-state index contributed by atoms with van der Waals surface area (Å²) >= 11 is 0. The number of carbonyl (C=O) groups excluding carboxylic acids is 1. The van der Waals surface area contributed by atoms with Gasteiger partial charge < -0.3 is 36.1 Å². The number of carboxylic acid groups (broad SMARTS) is 1. The van der Waals surface area contributed by atoms with Crippen molar-refractivity contribution in [1.82, 2.24) is 5.32 Å². The Hall–Kier alpha value is -2.34. The predicted molar refractivity (Wildman–Crippen MR) is 98.7 cm³/mol. The van der Waals surface area contributed by atoms with Crippen molar-refractivity contribution in [3.05, 3.63) is 23.8 Å². The van der Waals surface area contributed by atoms with Gasteiger partial charge in [0, 0.05) is 18.5 Å². The summed E-state index contributed by atoms with van der Waals surface area (Å²) in [7, 11) is 1.59. The van der Waals surface area contributed by atoms with Crippen LogP contribution in [0.2, 0.25) is 0 Å². The van der Waals surface area contributed by atoms with Crippen LogP contribution in [0.25, 0.3) is 0 Å². The van der Waals surface area contributed by atoms with Crippen molar-refractivity contribution in [3.63, 3.8) is 0 Å². The third-order valence-corrected chi connectivity index (χ3v) is 4.43. The minimum absolute atomic E-state index is 0.0616. The Morgan fingerprint density at radius 2 is 2.10 bits per heavy atom. The Morgan fingerprint density at radius 1 is 1.38 bits per heavy atom. The molecule has 1 amide bonds. The highest BCUT2D eigenvalue weighted by Crippen LogP contribution is 2.34. The van der Waals surface area contributed by atoms with Crippen molar-refractivity contribution < 1.29 is 38.1 Å². The van der Waals surface area contributed by atoms with Gasteiger partial charge in [-0.3, -0.25) is 4.79 Å². The summed E-state index contributed by atoms with van der Waals surface area (Å²) in [6, 6.07) is 3.11. The number of aliphatic hydroxyl groups is 1. The second-order valence-electron chi connectivity index (χ2n) is 6.60. The fourth-order valence-corrected chi connectivity index (χ4v) is 2.94. The van der Waals surface area contributed by atoms with Crippen LogP contribution >= 0.6 is 0 Å². The van der Waals surface area contributed by atoms with Gasteiger partial charge in [-0.25, -0.2) is 13.6 Å². The highest BCUT2D eigenvalue weighted by atomic mass is 19.3. The Labute approximate surface area is 166 Å². The number of amides is 1. The molecule has 1 aliphatic rings. The Kier molecular flexibility index (Phi) is 8.26. The number of alkyl halides is 2. The van der Waals surface area contributed by atoms with Gasteiger partial charge in [0.2, 0.25) is 12.2 Å². The molecule has 2 rings (SSSR count). The number of likely N-dealkylation sites (N-methyl/N-ethyl adjacent to an activating group) is 1. The van der Waals surface area contributed by atoms with Crippen LogP contribution in [0.4, 0.5) is 14.5 Å². The Bertz CT molecular complexity index is 721. The number of aliphatic hydroxyl groups excluding tert-OH is 1. The maximum Gasteiger partial charge on any atom is 0.333 e. The molecule has 11 heteroatoms. The zero-order valence-corrected chi connectivity index (χ0v) is 15.8. The van der Waals surface area contributed by atoms with Gasteiger partial charge in [0.25, 0.3) is 6.43 Å². The smallest absolute Gasteiger partial charge is 0.333 e. The van der Waals surface area contributed by atoms with E-state index in [-0.39, 0.29) is 30.8 Å². The molecule has 0 bridgehead atoms. The number of carboxylic acids is 1. The molecular weight excluding hydrogens is 392 g/mol. The summed E-state index contributed by atoms with van der Waals surface area (Å²) in [5, 5.41) is 24.2. The zero-order chi connectivity index (χ0) is 21.6. The molecule has 1 aromatic carbocycles. The number of nitrogens with one attached hydrogen (secondary N) is 2. The Morgan fingerprint density at radius 3 is 2.69 bits per heavy atom. The molecule has 1 aromatic rings. The molecule has 1 aliphatic heterocycles. The monoisotopic (exact) mass is 417 g/mol. The molecule has 0 spiro atoms. The average Bonchev–Trinajstić information content (AvgIpc) is 2.66. The molecule has 1 heterocycles. The number of hydrogen-bond acceptors (Lipinski definition) is 7. The van der Waals surface area contributed by atoms with Crippen LogP contribution in [-0.4, -0.2) is 60.2 Å². The largest absolute Gasteiger partial charge is 0.479 e. The second kappa shape index (κ2) is 10.4. The third-order valence-electron chi connectivity index (χ3n) is 4.43. The summed E-state index contributed by atoms with van der Waals surface area (Å²) < 4.78 is 37.6. The van der Waals surface area contributed by atoms with Crippen molar-refractivity contribution in [2.75, 3.05) is 18.9 Å². The number of rotatable bonds is 9. The number of benzene rings is 1. The van der Waals surface area contributed by atoms with Gasteiger partial charge in [-0.2, -0.15) is 0 Å². The van der Waals surface area contributed by atoms with E-state index in [1.807, 2.05) is 0 Å². The molecule has 6 N–H and O–H groups in total. The molecule has 0 aromatic heterocycles. The van der Waals surface area contributed by atoms with Gasteiger partial charge in [0.1, 0.15) is 5.75 Å². The second-order valence-corrected chi connectivity index (χ2v) is 6.60. The van der Waals surface area contributed by atoms with Crippen molar-refractivity contribution in [2.45, 2.75) is 50.2 Å². The number of halogens is 2. The van der Waals surface area contributed by atoms with Crippen molar-refractivity contribution in [3.8, 4) is 5.75 Å². The molecule has 162 valence electrons. The lowest BCUT2D eigenvalue weighted by Gasteiger charge is -2.31. The first kappa shape index (κ1) is 22.9. The van der Waals surface area contributed by atoms with Crippen molar-refractivity contribution in [2.24, 2.45) is 5.73 Å². The maximum atomic E-state index is 13.5. The quantitative estimate of drug-likeness (QED) is 0.398. The van der Waals surface area contributed by atoms with E-state index in [1.165, 1.54) is 12.1 Å². The number of nitrogens with two attached hydrogens (primary N) is 1. The van der Waals surface area contributed by atoms with Crippen LogP contribution in [0.5, 0.6) is 5.75 Å². The van der Waals surface area contributed by atoms with Crippen molar-refractivity contribution >= 4 is 17.6 Å². The van der Waals surface area contributed by atoms with Crippen LogP contribution in [0, 0.1) is 0 Å².